The van der Waals surface area contributed by atoms with Crippen molar-refractivity contribution in [2.24, 2.45) is 5.73 Å². The van der Waals surface area contributed by atoms with Gasteiger partial charge in [0.15, 0.2) is 6.61 Å². The van der Waals surface area contributed by atoms with E-state index < -0.39 is 127 Å². The van der Waals surface area contributed by atoms with E-state index in [4.69, 9.17) is 24.7 Å². The number of carbonyl (C=O) groups excluding carboxylic acids is 12. The van der Waals surface area contributed by atoms with Gasteiger partial charge in [-0.15, -0.1) is 0 Å². The van der Waals surface area contributed by atoms with Gasteiger partial charge < -0.3 is 77.6 Å². The highest BCUT2D eigenvalue weighted by Crippen LogP contribution is 2.22. The van der Waals surface area contributed by atoms with E-state index in [0.29, 0.717) is 42.4 Å². The summed E-state index contributed by atoms with van der Waals surface area (Å²) in [5.74, 6) is -7.19. The third-order valence-electron chi connectivity index (χ3n) is 15.1. The maximum absolute atomic E-state index is 14.1. The van der Waals surface area contributed by atoms with E-state index in [0.717, 1.165) is 11.1 Å². The molecule has 5 rings (SSSR count). The first-order chi connectivity index (χ1) is 48.1. The summed E-state index contributed by atoms with van der Waals surface area (Å²) in [4.78, 5) is 160. The quantitative estimate of drug-likeness (QED) is 0.0127. The Morgan fingerprint density at radius 1 is 0.416 bits per heavy atom. The molecule has 101 heavy (non-hydrogen) atoms. The number of carbonyl (C=O) groups is 12. The molecule has 0 heterocycles. The number of phenols is 1. The number of nitrogens with one attached hydrogen (secondary N) is 9. The molecule has 27 heteroatoms. The minimum absolute atomic E-state index is 0.00409. The SMILES string of the molecule is CC(C)(C)OC(=O)C[C@H](NC(=O)[C@H](CCCCNC(=O)CCCCC(=O)NCCCC[C@H](NC(=O)[C@H](Cc1ccc(O)cc1)NC(=O)OC(C)(C)C)C(=O)NCC(=O)OCC(=O)NC(c1ccccc1)c1ccccc1)NC(=O)OCc1ccccc1)C(=O)N[C@@H](Cc1ccccc1)C(N)=O. The van der Waals surface area contributed by atoms with Crippen LogP contribution < -0.4 is 53.6 Å². The van der Waals surface area contributed by atoms with Crippen molar-refractivity contribution in [2.45, 2.75) is 179 Å². The van der Waals surface area contributed by atoms with E-state index in [2.05, 4.69) is 47.9 Å². The van der Waals surface area contributed by atoms with Gasteiger partial charge in [0.25, 0.3) is 5.91 Å². The predicted octanol–water partition coefficient (Wildman–Crippen LogP) is 5.74. The highest BCUT2D eigenvalue weighted by molar-refractivity contribution is 5.96. The molecule has 0 aliphatic rings. The Morgan fingerprint density at radius 2 is 0.861 bits per heavy atom. The molecule has 0 fully saturated rings. The van der Waals surface area contributed by atoms with Gasteiger partial charge >= 0.3 is 24.1 Å². The topological polar surface area (TPSA) is 396 Å². The summed E-state index contributed by atoms with van der Waals surface area (Å²) in [6.45, 7) is 8.72. The van der Waals surface area contributed by atoms with Gasteiger partial charge in [-0.2, -0.15) is 0 Å². The fourth-order valence-electron chi connectivity index (χ4n) is 10.1. The van der Waals surface area contributed by atoms with Gasteiger partial charge in [0, 0.05) is 38.8 Å². The van der Waals surface area contributed by atoms with Crippen LogP contribution in [0.15, 0.2) is 146 Å². The second kappa shape index (κ2) is 42.2. The van der Waals surface area contributed by atoms with Crippen LogP contribution in [-0.4, -0.2) is 144 Å². The first kappa shape index (κ1) is 80.8. The number of esters is 2. The van der Waals surface area contributed by atoms with Crippen molar-refractivity contribution < 1.29 is 81.6 Å². The maximum Gasteiger partial charge on any atom is 0.408 e. The molecular formula is C74H96N10O17. The summed E-state index contributed by atoms with van der Waals surface area (Å²) < 4.78 is 21.5. The lowest BCUT2D eigenvalue weighted by molar-refractivity contribution is -0.156. The average Bonchev–Trinajstić information content (AvgIpc) is 0.859. The maximum atomic E-state index is 14.1. The fourth-order valence-corrected chi connectivity index (χ4v) is 10.1. The van der Waals surface area contributed by atoms with E-state index in [1.165, 1.54) is 12.1 Å². The van der Waals surface area contributed by atoms with Gasteiger partial charge in [0.05, 0.1) is 12.5 Å². The van der Waals surface area contributed by atoms with Gasteiger partial charge in [-0.1, -0.05) is 133 Å². The Hall–Kier alpha value is -10.9. The van der Waals surface area contributed by atoms with Crippen LogP contribution in [0, 0.1) is 0 Å². The lowest BCUT2D eigenvalue weighted by Crippen LogP contribution is -2.57. The lowest BCUT2D eigenvalue weighted by atomic mass is 9.99. The standard InChI is InChI=1S/C74H96N10O17/c1-73(2,3)100-63(89)45-59(70(95)80-57(66(75)91)43-49-25-11-7-12-26-49)81-68(93)56(82-71(96)99-47-51-27-13-8-14-28-51)34-22-24-42-77-61(87)36-20-19-35-60(86)76-41-23-21-33-55(79-69(94)58(83-72(97)101-74(4,5)6)44-50-37-39-54(85)40-38-50)67(92)78-46-64(90)98-48-62(88)84-65(52-29-15-9-16-30-52)53-31-17-10-18-32-53/h7-18,25-32,37-40,55-59,65,85H,19-24,33-36,41-48H2,1-6H3,(H2,75,91)(H,76,86)(H,77,87)(H,78,92)(H,79,94)(H,80,95)(H,81,93)(H,82,96)(H,83,97)(H,84,88)/t55-,56-,57-,58-,59-/m0/s1. The summed E-state index contributed by atoms with van der Waals surface area (Å²) in [5.41, 5.74) is 7.29. The molecule has 5 aromatic rings. The molecule has 0 aromatic heterocycles. The number of ether oxygens (including phenoxy) is 4. The van der Waals surface area contributed by atoms with Crippen LogP contribution in [0.2, 0.25) is 0 Å². The molecule has 0 unspecified atom stereocenters. The second-order valence-corrected chi connectivity index (χ2v) is 26.0. The van der Waals surface area contributed by atoms with Crippen LogP contribution in [0.5, 0.6) is 5.75 Å². The number of amides is 10. The summed E-state index contributed by atoms with van der Waals surface area (Å²) in [6, 6.07) is 34.7. The van der Waals surface area contributed by atoms with Crippen LogP contribution >= 0.6 is 0 Å². The Balaban J connectivity index is 1.11. The zero-order chi connectivity index (χ0) is 73.7. The first-order valence-corrected chi connectivity index (χ1v) is 33.7. The van der Waals surface area contributed by atoms with Gasteiger partial charge in [0.2, 0.25) is 41.4 Å². The van der Waals surface area contributed by atoms with Crippen LogP contribution in [0.1, 0.15) is 146 Å². The molecule has 27 nitrogen and oxygen atoms in total. The number of phenolic OH excluding ortho intramolecular Hbond substituents is 1. The van der Waals surface area contributed by atoms with E-state index in [9.17, 15) is 62.6 Å². The number of unbranched alkanes of at least 4 members (excludes halogenated alkanes) is 3. The average molecular weight is 1400 g/mol. The molecule has 5 atom stereocenters. The molecule has 0 saturated carbocycles. The van der Waals surface area contributed by atoms with Gasteiger partial charge in [0.1, 0.15) is 60.3 Å². The van der Waals surface area contributed by atoms with Gasteiger partial charge in [-0.25, -0.2) is 9.59 Å². The summed E-state index contributed by atoms with van der Waals surface area (Å²) in [7, 11) is 0. The minimum Gasteiger partial charge on any atom is -0.508 e. The third-order valence-corrected chi connectivity index (χ3v) is 15.1. The summed E-state index contributed by atoms with van der Waals surface area (Å²) in [5, 5.41) is 33.8. The molecule has 5 aromatic carbocycles. The zero-order valence-electron chi connectivity index (χ0n) is 58.1. The summed E-state index contributed by atoms with van der Waals surface area (Å²) in [6.07, 6.45) is -0.441. The lowest BCUT2D eigenvalue weighted by Gasteiger charge is -2.26. The van der Waals surface area contributed by atoms with Crippen molar-refractivity contribution in [3.8, 4) is 5.75 Å². The van der Waals surface area contributed by atoms with E-state index in [-0.39, 0.29) is 88.6 Å². The first-order valence-electron chi connectivity index (χ1n) is 33.7. The minimum atomic E-state index is -1.58. The van der Waals surface area contributed by atoms with Crippen molar-refractivity contribution in [3.05, 3.63) is 173 Å². The molecule has 0 saturated heterocycles. The second-order valence-electron chi connectivity index (χ2n) is 26.0. The number of alkyl carbamates (subject to hydrolysis) is 2. The van der Waals surface area contributed by atoms with Gasteiger partial charge in [-0.05, 0) is 133 Å². The molecule has 0 bridgehead atoms. The third kappa shape index (κ3) is 33.0. The van der Waals surface area contributed by atoms with Crippen molar-refractivity contribution >= 4 is 71.4 Å². The van der Waals surface area contributed by atoms with Crippen molar-refractivity contribution in [1.29, 1.82) is 0 Å². The monoisotopic (exact) mass is 1400 g/mol. The number of primary amides is 1. The Bertz CT molecular complexity index is 3460. The normalized spacial score (nSPS) is 12.6. The smallest absolute Gasteiger partial charge is 0.408 e. The van der Waals surface area contributed by atoms with E-state index in [1.54, 1.807) is 114 Å². The Kier molecular flexibility index (Phi) is 33.7. The number of nitrogens with two attached hydrogens (primary N) is 1. The van der Waals surface area contributed by atoms with Gasteiger partial charge in [-0.3, -0.25) is 47.9 Å². The van der Waals surface area contributed by atoms with Crippen LogP contribution in [-0.2, 0) is 86.3 Å². The fraction of sp³-hybridized carbons (Fsp3) is 0.432. The molecule has 0 aliphatic carbocycles. The molecular weight excluding hydrogens is 1300 g/mol. The summed E-state index contributed by atoms with van der Waals surface area (Å²) >= 11 is 0. The number of aromatic hydroxyl groups is 1. The number of hydrogen-bond acceptors (Lipinski definition) is 17. The zero-order valence-corrected chi connectivity index (χ0v) is 58.1. The largest absolute Gasteiger partial charge is 0.508 e. The number of benzene rings is 5. The molecule has 12 N–H and O–H groups in total. The van der Waals surface area contributed by atoms with E-state index in [1.807, 2.05) is 60.7 Å². The van der Waals surface area contributed by atoms with Crippen molar-refractivity contribution in [3.63, 3.8) is 0 Å². The van der Waals surface area contributed by atoms with Crippen LogP contribution in [0.3, 0.4) is 0 Å². The Labute approximate surface area is 588 Å². The number of hydrogen-bond donors (Lipinski definition) is 11. The van der Waals surface area contributed by atoms with Crippen molar-refractivity contribution in [2.75, 3.05) is 26.2 Å². The highest BCUT2D eigenvalue weighted by atomic mass is 16.6. The highest BCUT2D eigenvalue weighted by Gasteiger charge is 2.34. The molecule has 544 valence electrons. The van der Waals surface area contributed by atoms with E-state index >= 15 is 0 Å². The van der Waals surface area contributed by atoms with Crippen molar-refractivity contribution in [1.82, 2.24) is 47.9 Å². The van der Waals surface area contributed by atoms with Crippen LogP contribution in [0.25, 0.3) is 0 Å². The molecule has 10 amide bonds. The predicted molar refractivity (Wildman–Crippen MR) is 373 cm³/mol. The van der Waals surface area contributed by atoms with Crippen LogP contribution in [0.4, 0.5) is 9.59 Å². The molecule has 0 aliphatic heterocycles. The number of rotatable bonds is 40. The Morgan fingerprint density at radius 3 is 1.39 bits per heavy atom. The molecule has 0 spiro atoms. The molecule has 0 radical (unpaired) electrons.